The third kappa shape index (κ3) is 2.64. The number of aromatic amines is 1. The molecule has 6 nitrogen and oxygen atoms in total. The third-order valence-electron chi connectivity index (χ3n) is 4.78. The van der Waals surface area contributed by atoms with Crippen LogP contribution in [-0.2, 0) is 4.74 Å². The summed E-state index contributed by atoms with van der Waals surface area (Å²) in [6.45, 7) is 1.62. The van der Waals surface area contributed by atoms with Crippen molar-refractivity contribution in [2.45, 2.75) is 18.9 Å². The molecule has 0 bridgehead atoms. The summed E-state index contributed by atoms with van der Waals surface area (Å²) in [6.07, 6.45) is 5.87. The molecule has 1 saturated heterocycles. The Morgan fingerprint density at radius 3 is 2.96 bits per heavy atom. The Kier molecular flexibility index (Phi) is 3.41. The summed E-state index contributed by atoms with van der Waals surface area (Å²) in [5.41, 5.74) is 4.08. The Hall–Kier alpha value is -2.86. The summed E-state index contributed by atoms with van der Waals surface area (Å²) in [5.74, 6) is 0.876. The molecule has 25 heavy (non-hydrogen) atoms. The minimum Gasteiger partial charge on any atom is -0.381 e. The van der Waals surface area contributed by atoms with Crippen LogP contribution in [0.3, 0.4) is 0 Å². The molecule has 1 aliphatic heterocycles. The molecular formula is C19H19N5O. The zero-order valence-electron chi connectivity index (χ0n) is 13.8. The molecule has 0 aliphatic carbocycles. The lowest BCUT2D eigenvalue weighted by Crippen LogP contribution is -2.28. The van der Waals surface area contributed by atoms with E-state index in [1.165, 1.54) is 5.39 Å². The second kappa shape index (κ2) is 5.89. The van der Waals surface area contributed by atoms with Crippen molar-refractivity contribution in [3.05, 3.63) is 48.8 Å². The van der Waals surface area contributed by atoms with Crippen LogP contribution < -0.4 is 5.32 Å². The van der Waals surface area contributed by atoms with Crippen molar-refractivity contribution in [2.75, 3.05) is 18.5 Å². The van der Waals surface area contributed by atoms with E-state index >= 15 is 0 Å². The van der Waals surface area contributed by atoms with E-state index in [2.05, 4.69) is 39.6 Å². The lowest BCUT2D eigenvalue weighted by Gasteiger charge is -2.23. The van der Waals surface area contributed by atoms with Crippen molar-refractivity contribution in [3.63, 3.8) is 0 Å². The Morgan fingerprint density at radius 1 is 1.12 bits per heavy atom. The van der Waals surface area contributed by atoms with Gasteiger partial charge in [-0.2, -0.15) is 0 Å². The van der Waals surface area contributed by atoms with Gasteiger partial charge in [-0.1, -0.05) is 6.07 Å². The van der Waals surface area contributed by atoms with E-state index in [0.29, 0.717) is 6.04 Å². The zero-order valence-corrected chi connectivity index (χ0v) is 13.8. The topological polar surface area (TPSA) is 67.2 Å². The fraction of sp³-hybridized carbons (Fsp3) is 0.263. The van der Waals surface area contributed by atoms with Crippen LogP contribution in [0.25, 0.3) is 27.8 Å². The van der Waals surface area contributed by atoms with Gasteiger partial charge in [0.1, 0.15) is 5.82 Å². The maximum Gasteiger partial charge on any atom is 0.154 e. The lowest BCUT2D eigenvalue weighted by atomic mass is 10.1. The number of hydrogen-bond donors (Lipinski definition) is 2. The number of nitrogens with zero attached hydrogens (tertiary/aromatic N) is 3. The molecule has 126 valence electrons. The summed E-state index contributed by atoms with van der Waals surface area (Å²) in [4.78, 5) is 7.72. The summed E-state index contributed by atoms with van der Waals surface area (Å²) in [5, 5.41) is 9.47. The fourth-order valence-electron chi connectivity index (χ4n) is 3.41. The predicted octanol–water partition coefficient (Wildman–Crippen LogP) is 3.47. The average Bonchev–Trinajstić information content (AvgIpc) is 3.28. The van der Waals surface area contributed by atoms with Gasteiger partial charge in [0.05, 0.1) is 11.9 Å². The minimum atomic E-state index is 0.418. The van der Waals surface area contributed by atoms with Crippen molar-refractivity contribution in [3.8, 4) is 11.3 Å². The average molecular weight is 333 g/mol. The van der Waals surface area contributed by atoms with Crippen molar-refractivity contribution in [1.29, 1.82) is 0 Å². The number of aromatic nitrogens is 4. The molecule has 1 aliphatic rings. The van der Waals surface area contributed by atoms with Crippen LogP contribution in [0.5, 0.6) is 0 Å². The van der Waals surface area contributed by atoms with Crippen molar-refractivity contribution >= 4 is 22.4 Å². The number of hydrogen-bond acceptors (Lipinski definition) is 4. The molecule has 1 aromatic carbocycles. The predicted molar refractivity (Wildman–Crippen MR) is 97.7 cm³/mol. The van der Waals surface area contributed by atoms with E-state index in [4.69, 9.17) is 9.84 Å². The van der Waals surface area contributed by atoms with Crippen LogP contribution in [0.1, 0.15) is 12.8 Å². The van der Waals surface area contributed by atoms with Gasteiger partial charge in [-0.25, -0.2) is 9.50 Å². The van der Waals surface area contributed by atoms with Crippen LogP contribution in [0.2, 0.25) is 0 Å². The van der Waals surface area contributed by atoms with Crippen molar-refractivity contribution in [1.82, 2.24) is 19.6 Å². The van der Waals surface area contributed by atoms with Crippen LogP contribution in [0.15, 0.2) is 48.8 Å². The lowest BCUT2D eigenvalue weighted by molar-refractivity contribution is 0.0903. The largest absolute Gasteiger partial charge is 0.381 e. The fourth-order valence-corrected chi connectivity index (χ4v) is 3.41. The second-order valence-electron chi connectivity index (χ2n) is 6.44. The first-order valence-electron chi connectivity index (χ1n) is 8.63. The van der Waals surface area contributed by atoms with E-state index < -0.39 is 0 Å². The number of H-pyrrole nitrogens is 1. The van der Waals surface area contributed by atoms with Crippen LogP contribution in [-0.4, -0.2) is 38.8 Å². The SMILES string of the molecule is c1cc2cc(-c3cnc4ccc(NC5CCOCC5)nn34)ccc2[nH]1. The quantitative estimate of drug-likeness (QED) is 0.602. The summed E-state index contributed by atoms with van der Waals surface area (Å²) < 4.78 is 7.33. The van der Waals surface area contributed by atoms with Crippen LogP contribution in [0.4, 0.5) is 5.82 Å². The highest BCUT2D eigenvalue weighted by molar-refractivity contribution is 5.84. The number of fused-ring (bicyclic) bond motifs is 2. The first-order valence-corrected chi connectivity index (χ1v) is 8.63. The van der Waals surface area contributed by atoms with Crippen LogP contribution in [0, 0.1) is 0 Å². The van der Waals surface area contributed by atoms with E-state index in [9.17, 15) is 0 Å². The maximum atomic E-state index is 5.42. The van der Waals surface area contributed by atoms with E-state index in [0.717, 1.165) is 54.3 Å². The first kappa shape index (κ1) is 14.5. The molecular weight excluding hydrogens is 314 g/mol. The Bertz CT molecular complexity index is 1030. The molecule has 4 aromatic rings. The van der Waals surface area contributed by atoms with Gasteiger partial charge < -0.3 is 15.0 Å². The molecule has 1 fully saturated rings. The van der Waals surface area contributed by atoms with Gasteiger partial charge in [0.15, 0.2) is 5.65 Å². The molecule has 5 rings (SSSR count). The van der Waals surface area contributed by atoms with Gasteiger partial charge >= 0.3 is 0 Å². The van der Waals surface area contributed by atoms with Crippen LogP contribution >= 0.6 is 0 Å². The van der Waals surface area contributed by atoms with Gasteiger partial charge in [-0.05, 0) is 43.2 Å². The number of anilines is 1. The molecule has 0 radical (unpaired) electrons. The highest BCUT2D eigenvalue weighted by Crippen LogP contribution is 2.25. The Morgan fingerprint density at radius 2 is 2.04 bits per heavy atom. The highest BCUT2D eigenvalue weighted by Gasteiger charge is 2.15. The van der Waals surface area contributed by atoms with E-state index in [-0.39, 0.29) is 0 Å². The van der Waals surface area contributed by atoms with Crippen molar-refractivity contribution in [2.24, 2.45) is 0 Å². The van der Waals surface area contributed by atoms with E-state index in [1.54, 1.807) is 0 Å². The monoisotopic (exact) mass is 333 g/mol. The zero-order chi connectivity index (χ0) is 16.6. The molecule has 0 atom stereocenters. The second-order valence-corrected chi connectivity index (χ2v) is 6.44. The number of nitrogens with one attached hydrogen (secondary N) is 2. The molecule has 0 unspecified atom stereocenters. The number of imidazole rings is 1. The normalized spacial score (nSPS) is 15.8. The summed E-state index contributed by atoms with van der Waals surface area (Å²) >= 11 is 0. The summed E-state index contributed by atoms with van der Waals surface area (Å²) in [7, 11) is 0. The Balaban J connectivity index is 1.53. The first-order chi connectivity index (χ1) is 12.4. The molecule has 2 N–H and O–H groups in total. The standard InChI is InChI=1S/C19H19N5O/c1-2-16-13(5-8-20-16)11-14(1)17-12-21-19-4-3-18(23-24(17)19)22-15-6-9-25-10-7-15/h1-5,8,11-12,15,20H,6-7,9-10H2,(H,22,23). The molecule has 4 heterocycles. The molecule has 3 aromatic heterocycles. The van der Waals surface area contributed by atoms with Gasteiger partial charge in [0, 0.05) is 41.9 Å². The highest BCUT2D eigenvalue weighted by atomic mass is 16.5. The third-order valence-corrected chi connectivity index (χ3v) is 4.78. The Labute approximate surface area is 144 Å². The number of rotatable bonds is 3. The minimum absolute atomic E-state index is 0.418. The molecule has 0 spiro atoms. The van der Waals surface area contributed by atoms with E-state index in [1.807, 2.05) is 29.0 Å². The van der Waals surface area contributed by atoms with Gasteiger partial charge in [0.2, 0.25) is 0 Å². The van der Waals surface area contributed by atoms with Crippen molar-refractivity contribution < 1.29 is 4.74 Å². The number of benzene rings is 1. The van der Waals surface area contributed by atoms with Gasteiger partial charge in [-0.3, -0.25) is 0 Å². The number of ether oxygens (including phenoxy) is 1. The summed E-state index contributed by atoms with van der Waals surface area (Å²) in [6, 6.07) is 12.9. The molecule has 6 heteroatoms. The smallest absolute Gasteiger partial charge is 0.154 e. The molecule has 0 amide bonds. The molecule has 0 saturated carbocycles. The van der Waals surface area contributed by atoms with Gasteiger partial charge in [0.25, 0.3) is 0 Å². The van der Waals surface area contributed by atoms with Gasteiger partial charge in [-0.15, -0.1) is 5.10 Å². The maximum absolute atomic E-state index is 5.42.